The first kappa shape index (κ1) is 9.52. The number of nitrogens with one attached hydrogen (secondary N) is 2. The highest BCUT2D eigenvalue weighted by atomic mass is 16.2. The van der Waals surface area contributed by atoms with E-state index >= 15 is 0 Å². The number of hydrogen-bond acceptors (Lipinski definition) is 4. The lowest BCUT2D eigenvalue weighted by molar-refractivity contribution is 0.898. The van der Waals surface area contributed by atoms with Crippen LogP contribution in [0.3, 0.4) is 0 Å². The van der Waals surface area contributed by atoms with Gasteiger partial charge in [0.25, 0.3) is 5.56 Å². The second-order valence-electron chi connectivity index (χ2n) is 3.49. The van der Waals surface area contributed by atoms with Gasteiger partial charge in [-0.25, -0.2) is 9.50 Å². The highest BCUT2D eigenvalue weighted by Gasteiger charge is 2.09. The van der Waals surface area contributed by atoms with Crippen LogP contribution in [0.4, 0.5) is 0 Å². The van der Waals surface area contributed by atoms with Gasteiger partial charge >= 0.3 is 11.1 Å². The number of benzene rings is 1. The van der Waals surface area contributed by atoms with Crippen LogP contribution in [0.2, 0.25) is 0 Å². The molecule has 0 bridgehead atoms. The lowest BCUT2D eigenvalue weighted by Gasteiger charge is -2.02. The van der Waals surface area contributed by atoms with Gasteiger partial charge in [0.2, 0.25) is 5.65 Å². The van der Waals surface area contributed by atoms with Crippen molar-refractivity contribution >= 4 is 16.7 Å². The molecule has 0 fully saturated rings. The van der Waals surface area contributed by atoms with Gasteiger partial charge in [-0.05, 0) is 12.1 Å². The normalized spacial score (nSPS) is 11.1. The van der Waals surface area contributed by atoms with E-state index < -0.39 is 16.7 Å². The smallest absolute Gasteiger partial charge is 0.317 e. The quantitative estimate of drug-likeness (QED) is 0.391. The molecule has 0 unspecified atom stereocenters. The molecule has 0 spiro atoms. The van der Waals surface area contributed by atoms with E-state index in [1.807, 2.05) is 5.10 Å². The standard InChI is InChI=1S/C10H6N4O3/c15-8-7-12-13-9(16)10(17)14(7)6-4-2-1-3-5(6)11-8/h1-4H,(H,11,15)(H,13,16). The maximum Gasteiger partial charge on any atom is 0.330 e. The Labute approximate surface area is 92.4 Å². The third-order valence-corrected chi connectivity index (χ3v) is 2.47. The number of hydrogen-bond donors (Lipinski definition) is 2. The number of para-hydroxylation sites is 2. The molecule has 0 saturated heterocycles. The summed E-state index contributed by atoms with van der Waals surface area (Å²) in [4.78, 5) is 37.2. The molecule has 0 aliphatic carbocycles. The Kier molecular flexibility index (Phi) is 1.76. The third-order valence-electron chi connectivity index (χ3n) is 2.47. The molecule has 0 saturated carbocycles. The molecule has 84 valence electrons. The molecule has 2 heterocycles. The van der Waals surface area contributed by atoms with Crippen LogP contribution in [0.1, 0.15) is 0 Å². The summed E-state index contributed by atoms with van der Waals surface area (Å²) in [5.74, 6) is 0. The maximum atomic E-state index is 11.7. The fourth-order valence-electron chi connectivity index (χ4n) is 1.73. The average molecular weight is 230 g/mol. The summed E-state index contributed by atoms with van der Waals surface area (Å²) in [7, 11) is 0. The minimum Gasteiger partial charge on any atom is -0.317 e. The van der Waals surface area contributed by atoms with Crippen LogP contribution in [0.5, 0.6) is 0 Å². The largest absolute Gasteiger partial charge is 0.330 e. The van der Waals surface area contributed by atoms with Gasteiger partial charge in [-0.15, -0.1) is 5.10 Å². The Balaban J connectivity index is 2.83. The zero-order valence-electron chi connectivity index (χ0n) is 8.43. The SMILES string of the molecule is O=c1[nH]nc2c(=O)[nH]c3ccccc3n2c1=O. The van der Waals surface area contributed by atoms with Crippen molar-refractivity contribution in [3.63, 3.8) is 0 Å². The van der Waals surface area contributed by atoms with Crippen LogP contribution in [0, 0.1) is 0 Å². The molecule has 0 atom stereocenters. The van der Waals surface area contributed by atoms with Gasteiger partial charge in [-0.1, -0.05) is 12.1 Å². The fourth-order valence-corrected chi connectivity index (χ4v) is 1.73. The first-order valence-electron chi connectivity index (χ1n) is 4.81. The summed E-state index contributed by atoms with van der Waals surface area (Å²) in [5, 5.41) is 5.56. The summed E-state index contributed by atoms with van der Waals surface area (Å²) < 4.78 is 1.01. The van der Waals surface area contributed by atoms with Gasteiger partial charge in [0.15, 0.2) is 0 Å². The summed E-state index contributed by atoms with van der Waals surface area (Å²) in [5.41, 5.74) is -1.44. The Morgan fingerprint density at radius 2 is 1.82 bits per heavy atom. The van der Waals surface area contributed by atoms with Crippen molar-refractivity contribution in [2.24, 2.45) is 0 Å². The molecule has 3 aromatic rings. The minimum absolute atomic E-state index is 0.131. The lowest BCUT2D eigenvalue weighted by Crippen LogP contribution is -2.36. The van der Waals surface area contributed by atoms with E-state index in [0.29, 0.717) is 11.0 Å². The molecule has 0 aliphatic rings. The number of nitrogens with zero attached hydrogens (tertiary/aromatic N) is 2. The summed E-state index contributed by atoms with van der Waals surface area (Å²) in [6.07, 6.45) is 0. The Morgan fingerprint density at radius 3 is 2.65 bits per heavy atom. The molecule has 7 heteroatoms. The van der Waals surface area contributed by atoms with Crippen molar-refractivity contribution < 1.29 is 0 Å². The van der Waals surface area contributed by atoms with Gasteiger partial charge < -0.3 is 4.98 Å². The summed E-state index contributed by atoms with van der Waals surface area (Å²) in [6.45, 7) is 0. The Bertz CT molecular complexity index is 903. The van der Waals surface area contributed by atoms with Crippen LogP contribution in [-0.4, -0.2) is 19.6 Å². The van der Waals surface area contributed by atoms with Crippen molar-refractivity contribution in [3.8, 4) is 0 Å². The Morgan fingerprint density at radius 1 is 1.06 bits per heavy atom. The van der Waals surface area contributed by atoms with Crippen LogP contribution in [-0.2, 0) is 0 Å². The zero-order chi connectivity index (χ0) is 12.0. The predicted octanol–water partition coefficient (Wildman–Crippen LogP) is -0.776. The molecule has 2 aromatic heterocycles. The van der Waals surface area contributed by atoms with Crippen LogP contribution in [0.15, 0.2) is 38.6 Å². The number of aromatic nitrogens is 4. The average Bonchev–Trinajstić information content (AvgIpc) is 2.33. The monoisotopic (exact) mass is 230 g/mol. The van der Waals surface area contributed by atoms with Crippen LogP contribution < -0.4 is 16.7 Å². The van der Waals surface area contributed by atoms with E-state index in [1.54, 1.807) is 24.3 Å². The molecule has 0 amide bonds. The molecular weight excluding hydrogens is 224 g/mol. The topological polar surface area (TPSA) is 100 Å². The van der Waals surface area contributed by atoms with Gasteiger partial charge in [0.1, 0.15) is 0 Å². The highest BCUT2D eigenvalue weighted by molar-refractivity contribution is 5.76. The van der Waals surface area contributed by atoms with Crippen LogP contribution in [0.25, 0.3) is 16.7 Å². The second kappa shape index (κ2) is 3.14. The van der Waals surface area contributed by atoms with Crippen LogP contribution >= 0.6 is 0 Å². The lowest BCUT2D eigenvalue weighted by atomic mass is 10.3. The molecule has 1 aromatic carbocycles. The van der Waals surface area contributed by atoms with E-state index in [2.05, 4.69) is 10.1 Å². The number of H-pyrrole nitrogens is 2. The van der Waals surface area contributed by atoms with E-state index in [1.165, 1.54) is 0 Å². The predicted molar refractivity (Wildman–Crippen MR) is 60.2 cm³/mol. The highest BCUT2D eigenvalue weighted by Crippen LogP contribution is 2.07. The number of rotatable bonds is 0. The summed E-state index contributed by atoms with van der Waals surface area (Å²) in [6, 6.07) is 6.69. The molecule has 0 aliphatic heterocycles. The van der Waals surface area contributed by atoms with E-state index in [9.17, 15) is 14.4 Å². The molecule has 2 N–H and O–H groups in total. The zero-order valence-corrected chi connectivity index (χ0v) is 8.43. The number of aromatic amines is 2. The van der Waals surface area contributed by atoms with Gasteiger partial charge in [0, 0.05) is 0 Å². The maximum absolute atomic E-state index is 11.7. The Hall–Kier alpha value is -2.70. The first-order valence-corrected chi connectivity index (χ1v) is 4.81. The third kappa shape index (κ3) is 1.22. The molecule has 0 radical (unpaired) electrons. The first-order chi connectivity index (χ1) is 8.18. The second-order valence-corrected chi connectivity index (χ2v) is 3.49. The van der Waals surface area contributed by atoms with E-state index in [4.69, 9.17) is 0 Å². The molecule has 7 nitrogen and oxygen atoms in total. The fraction of sp³-hybridized carbons (Fsp3) is 0. The van der Waals surface area contributed by atoms with Crippen molar-refractivity contribution in [2.75, 3.05) is 0 Å². The van der Waals surface area contributed by atoms with Crippen molar-refractivity contribution in [1.29, 1.82) is 0 Å². The molecule has 17 heavy (non-hydrogen) atoms. The molecule has 3 rings (SSSR count). The van der Waals surface area contributed by atoms with Gasteiger partial charge in [0.05, 0.1) is 11.0 Å². The molecular formula is C10H6N4O3. The van der Waals surface area contributed by atoms with E-state index in [-0.39, 0.29) is 5.65 Å². The van der Waals surface area contributed by atoms with Gasteiger partial charge in [-0.2, -0.15) is 0 Å². The van der Waals surface area contributed by atoms with Crippen molar-refractivity contribution in [2.45, 2.75) is 0 Å². The van der Waals surface area contributed by atoms with Crippen molar-refractivity contribution in [3.05, 3.63) is 55.3 Å². The number of fused-ring (bicyclic) bond motifs is 3. The minimum atomic E-state index is -0.863. The van der Waals surface area contributed by atoms with E-state index in [0.717, 1.165) is 4.40 Å². The summed E-state index contributed by atoms with van der Waals surface area (Å²) >= 11 is 0. The van der Waals surface area contributed by atoms with Crippen molar-refractivity contribution in [1.82, 2.24) is 19.6 Å². The van der Waals surface area contributed by atoms with Gasteiger partial charge in [-0.3, -0.25) is 14.4 Å².